The van der Waals surface area contributed by atoms with Crippen LogP contribution < -0.4 is 19.7 Å². The lowest BCUT2D eigenvalue weighted by Gasteiger charge is -2.38. The molecular formula is C22H26N2O5. The van der Waals surface area contributed by atoms with Gasteiger partial charge in [0.15, 0.2) is 5.79 Å². The lowest BCUT2D eigenvalue weighted by molar-refractivity contribution is -0.169. The molecule has 2 aromatic rings. The summed E-state index contributed by atoms with van der Waals surface area (Å²) in [5.74, 6) is 0.287. The molecule has 1 N–H and O–H groups in total. The number of hydrogen-bond acceptors (Lipinski definition) is 6. The number of ether oxygens (including phenoxy) is 4. The maximum Gasteiger partial charge on any atom is 0.263 e. The van der Waals surface area contributed by atoms with E-state index in [1.54, 1.807) is 18.2 Å². The molecule has 1 spiro atoms. The Hall–Kier alpha value is -2.77. The van der Waals surface area contributed by atoms with Crippen LogP contribution in [0.1, 0.15) is 23.2 Å². The Morgan fingerprint density at radius 2 is 1.55 bits per heavy atom. The Kier molecular flexibility index (Phi) is 5.60. The van der Waals surface area contributed by atoms with Crippen molar-refractivity contribution in [1.29, 1.82) is 0 Å². The van der Waals surface area contributed by atoms with Gasteiger partial charge in [0.05, 0.1) is 27.4 Å². The zero-order valence-electron chi connectivity index (χ0n) is 16.8. The largest absolute Gasteiger partial charge is 0.496 e. The van der Waals surface area contributed by atoms with Crippen molar-refractivity contribution in [2.75, 3.05) is 50.7 Å². The summed E-state index contributed by atoms with van der Waals surface area (Å²) in [6.07, 6.45) is 1.72. The van der Waals surface area contributed by atoms with Crippen molar-refractivity contribution in [3.8, 4) is 11.5 Å². The maximum absolute atomic E-state index is 12.8. The van der Waals surface area contributed by atoms with Crippen LogP contribution in [-0.4, -0.2) is 52.2 Å². The van der Waals surface area contributed by atoms with Gasteiger partial charge in [0.25, 0.3) is 5.91 Å². The topological polar surface area (TPSA) is 69.3 Å². The highest BCUT2D eigenvalue weighted by atomic mass is 16.7. The van der Waals surface area contributed by atoms with Crippen LogP contribution in [0.15, 0.2) is 42.5 Å². The average Bonchev–Trinajstić information content (AvgIpc) is 3.22. The van der Waals surface area contributed by atoms with Crippen molar-refractivity contribution in [3.63, 3.8) is 0 Å². The molecule has 0 unspecified atom stereocenters. The first-order chi connectivity index (χ1) is 14.1. The van der Waals surface area contributed by atoms with Gasteiger partial charge >= 0.3 is 0 Å². The summed E-state index contributed by atoms with van der Waals surface area (Å²) >= 11 is 0. The van der Waals surface area contributed by atoms with Crippen molar-refractivity contribution in [2.45, 2.75) is 18.6 Å². The summed E-state index contributed by atoms with van der Waals surface area (Å²) in [6, 6.07) is 13.1. The molecule has 2 fully saturated rings. The molecule has 1 amide bonds. The van der Waals surface area contributed by atoms with Crippen molar-refractivity contribution < 1.29 is 23.7 Å². The third-order valence-corrected chi connectivity index (χ3v) is 5.48. The standard InChI is InChI=1S/C22H26N2O5/c1-26-18-4-3-5-19(27-2)20(18)21(25)23-16-6-8-17(9-7-16)24-12-10-22(11-13-24)28-14-15-29-22/h3-9H,10-15H2,1-2H3,(H,23,25). The number of benzene rings is 2. The number of amides is 1. The summed E-state index contributed by atoms with van der Waals surface area (Å²) in [6.45, 7) is 3.13. The summed E-state index contributed by atoms with van der Waals surface area (Å²) in [5, 5.41) is 2.92. The van der Waals surface area contributed by atoms with Crippen LogP contribution in [0.2, 0.25) is 0 Å². The van der Waals surface area contributed by atoms with Crippen LogP contribution in [-0.2, 0) is 9.47 Å². The van der Waals surface area contributed by atoms with Crippen LogP contribution in [0, 0.1) is 0 Å². The first-order valence-electron chi connectivity index (χ1n) is 9.79. The van der Waals surface area contributed by atoms with Gasteiger partial charge in [-0.15, -0.1) is 0 Å². The fourth-order valence-corrected chi connectivity index (χ4v) is 3.92. The molecule has 0 aliphatic carbocycles. The van der Waals surface area contributed by atoms with Crippen molar-refractivity contribution in [1.82, 2.24) is 0 Å². The Morgan fingerprint density at radius 3 is 2.10 bits per heavy atom. The van der Waals surface area contributed by atoms with Gasteiger partial charge in [-0.1, -0.05) is 6.07 Å². The van der Waals surface area contributed by atoms with Crippen LogP contribution >= 0.6 is 0 Å². The number of piperidine rings is 1. The predicted octanol–water partition coefficient (Wildman–Crippen LogP) is 3.30. The van der Waals surface area contributed by atoms with Gasteiger partial charge in [-0.25, -0.2) is 0 Å². The van der Waals surface area contributed by atoms with Crippen LogP contribution in [0.25, 0.3) is 0 Å². The monoisotopic (exact) mass is 398 g/mol. The fourth-order valence-electron chi connectivity index (χ4n) is 3.92. The first kappa shape index (κ1) is 19.5. The molecule has 0 bridgehead atoms. The van der Waals surface area contributed by atoms with Crippen molar-refractivity contribution >= 4 is 17.3 Å². The minimum atomic E-state index is -0.377. The lowest BCUT2D eigenvalue weighted by Crippen LogP contribution is -2.45. The molecule has 2 aromatic carbocycles. The van der Waals surface area contributed by atoms with E-state index in [0.29, 0.717) is 36.0 Å². The van der Waals surface area contributed by atoms with Gasteiger partial charge in [-0.2, -0.15) is 0 Å². The average molecular weight is 398 g/mol. The highest BCUT2D eigenvalue weighted by molar-refractivity contribution is 6.08. The number of rotatable bonds is 5. The molecule has 0 radical (unpaired) electrons. The Labute approximate surface area is 170 Å². The Bertz CT molecular complexity index is 830. The van der Waals surface area contributed by atoms with Gasteiger partial charge in [-0.05, 0) is 36.4 Å². The van der Waals surface area contributed by atoms with Crippen LogP contribution in [0.5, 0.6) is 11.5 Å². The highest BCUT2D eigenvalue weighted by Gasteiger charge is 2.39. The third kappa shape index (κ3) is 4.02. The molecule has 0 atom stereocenters. The van der Waals surface area contributed by atoms with E-state index in [-0.39, 0.29) is 11.7 Å². The number of nitrogens with one attached hydrogen (secondary N) is 1. The molecule has 0 saturated carbocycles. The molecular weight excluding hydrogens is 372 g/mol. The lowest BCUT2D eigenvalue weighted by atomic mass is 10.0. The van der Waals surface area contributed by atoms with Gasteiger partial charge < -0.3 is 29.2 Å². The van der Waals surface area contributed by atoms with Gasteiger partial charge in [-0.3, -0.25) is 4.79 Å². The van der Waals surface area contributed by atoms with Crippen molar-refractivity contribution in [3.05, 3.63) is 48.0 Å². The third-order valence-electron chi connectivity index (χ3n) is 5.48. The molecule has 2 aliphatic rings. The van der Waals surface area contributed by atoms with Crippen molar-refractivity contribution in [2.24, 2.45) is 0 Å². The molecule has 29 heavy (non-hydrogen) atoms. The number of hydrogen-bond donors (Lipinski definition) is 1. The Morgan fingerprint density at radius 1 is 0.966 bits per heavy atom. The smallest absolute Gasteiger partial charge is 0.263 e. The molecule has 7 heteroatoms. The number of carbonyl (C=O) groups excluding carboxylic acids is 1. The fraction of sp³-hybridized carbons (Fsp3) is 0.409. The maximum atomic E-state index is 12.8. The molecule has 2 saturated heterocycles. The van der Waals surface area contributed by atoms with E-state index in [1.165, 1.54) is 14.2 Å². The molecule has 2 heterocycles. The molecule has 154 valence electrons. The quantitative estimate of drug-likeness (QED) is 0.834. The van der Waals surface area contributed by atoms with E-state index in [9.17, 15) is 4.79 Å². The van der Waals surface area contributed by atoms with Gasteiger partial charge in [0.1, 0.15) is 17.1 Å². The number of carbonyl (C=O) groups is 1. The summed E-state index contributed by atoms with van der Waals surface area (Å²) < 4.78 is 22.2. The van der Waals surface area contributed by atoms with E-state index in [4.69, 9.17) is 18.9 Å². The Balaban J connectivity index is 1.42. The first-order valence-corrected chi connectivity index (χ1v) is 9.79. The predicted molar refractivity (Wildman–Crippen MR) is 110 cm³/mol. The number of methoxy groups -OCH3 is 2. The van der Waals surface area contributed by atoms with E-state index < -0.39 is 0 Å². The number of anilines is 2. The van der Waals surface area contributed by atoms with E-state index in [1.807, 2.05) is 24.3 Å². The highest BCUT2D eigenvalue weighted by Crippen LogP contribution is 2.34. The minimum absolute atomic E-state index is 0.275. The molecule has 7 nitrogen and oxygen atoms in total. The summed E-state index contributed by atoms with van der Waals surface area (Å²) in [4.78, 5) is 15.1. The SMILES string of the molecule is COc1cccc(OC)c1C(=O)Nc1ccc(N2CCC3(CC2)OCCO3)cc1. The van der Waals surface area contributed by atoms with Gasteiger partial charge in [0.2, 0.25) is 0 Å². The molecule has 4 rings (SSSR count). The normalized spacial score (nSPS) is 17.9. The summed E-state index contributed by atoms with van der Waals surface area (Å²) in [7, 11) is 3.06. The molecule has 0 aromatic heterocycles. The zero-order valence-corrected chi connectivity index (χ0v) is 16.8. The second-order valence-corrected chi connectivity index (χ2v) is 7.13. The van der Waals surface area contributed by atoms with Gasteiger partial charge in [0, 0.05) is 37.3 Å². The van der Waals surface area contributed by atoms with E-state index >= 15 is 0 Å². The van der Waals surface area contributed by atoms with E-state index in [2.05, 4.69) is 10.2 Å². The summed E-state index contributed by atoms with van der Waals surface area (Å²) in [5.41, 5.74) is 2.20. The second kappa shape index (κ2) is 8.31. The minimum Gasteiger partial charge on any atom is -0.496 e. The van der Waals surface area contributed by atoms with Crippen LogP contribution in [0.3, 0.4) is 0 Å². The van der Waals surface area contributed by atoms with E-state index in [0.717, 1.165) is 31.6 Å². The number of nitrogens with zero attached hydrogens (tertiary/aromatic N) is 1. The van der Waals surface area contributed by atoms with Crippen LogP contribution in [0.4, 0.5) is 11.4 Å². The molecule has 2 aliphatic heterocycles. The second-order valence-electron chi connectivity index (χ2n) is 7.13. The zero-order chi connectivity index (χ0) is 20.3.